The van der Waals surface area contributed by atoms with Crippen LogP contribution >= 0.6 is 0 Å². The van der Waals surface area contributed by atoms with Gasteiger partial charge in [-0.15, -0.1) is 0 Å². The highest BCUT2D eigenvalue weighted by Crippen LogP contribution is 2.15. The Kier molecular flexibility index (Phi) is 4.28. The Morgan fingerprint density at radius 1 is 1.11 bits per heavy atom. The van der Waals surface area contributed by atoms with Crippen LogP contribution in [0.3, 0.4) is 0 Å². The van der Waals surface area contributed by atoms with E-state index in [1.54, 1.807) is 0 Å². The van der Waals surface area contributed by atoms with Crippen LogP contribution in [-0.2, 0) is 10.8 Å². The highest BCUT2D eigenvalue weighted by Gasteiger charge is 2.11. The zero-order valence-electron chi connectivity index (χ0n) is 10.4. The van der Waals surface area contributed by atoms with Crippen molar-refractivity contribution in [2.24, 2.45) is 5.73 Å². The van der Waals surface area contributed by atoms with Crippen molar-refractivity contribution >= 4 is 10.8 Å². The second-order valence-corrected chi connectivity index (χ2v) is 5.84. The minimum absolute atomic E-state index is 0.187. The van der Waals surface area contributed by atoms with E-state index in [0.717, 1.165) is 16.0 Å². The molecule has 18 heavy (non-hydrogen) atoms. The van der Waals surface area contributed by atoms with Gasteiger partial charge in [0.05, 0.1) is 10.8 Å². The van der Waals surface area contributed by atoms with Crippen molar-refractivity contribution < 1.29 is 4.21 Å². The Balaban J connectivity index is 2.08. The first kappa shape index (κ1) is 13.0. The molecule has 2 N–H and O–H groups in total. The Morgan fingerprint density at radius 2 is 1.83 bits per heavy atom. The van der Waals surface area contributed by atoms with Gasteiger partial charge < -0.3 is 5.73 Å². The van der Waals surface area contributed by atoms with E-state index in [0.29, 0.717) is 5.75 Å². The first-order valence-corrected chi connectivity index (χ1v) is 7.24. The van der Waals surface area contributed by atoms with E-state index >= 15 is 0 Å². The van der Waals surface area contributed by atoms with Gasteiger partial charge in [-0.3, -0.25) is 4.21 Å². The molecule has 94 valence electrons. The highest BCUT2D eigenvalue weighted by molar-refractivity contribution is 7.85. The van der Waals surface area contributed by atoms with Crippen LogP contribution in [0.5, 0.6) is 0 Å². The summed E-state index contributed by atoms with van der Waals surface area (Å²) in [7, 11) is -1.05. The van der Waals surface area contributed by atoms with Gasteiger partial charge in [0, 0.05) is 16.7 Å². The maximum absolute atomic E-state index is 12.2. The highest BCUT2D eigenvalue weighted by atomic mass is 32.2. The summed E-state index contributed by atoms with van der Waals surface area (Å²) in [5.41, 5.74) is 8.22. The van der Waals surface area contributed by atoms with Crippen LogP contribution in [0.4, 0.5) is 0 Å². The Labute approximate surface area is 110 Å². The van der Waals surface area contributed by atoms with Gasteiger partial charge in [-0.05, 0) is 30.2 Å². The molecule has 2 atom stereocenters. The van der Waals surface area contributed by atoms with Crippen molar-refractivity contribution in [3.05, 3.63) is 65.7 Å². The average Bonchev–Trinajstić information content (AvgIpc) is 2.39. The molecule has 2 rings (SSSR count). The van der Waals surface area contributed by atoms with E-state index in [1.807, 2.05) is 61.5 Å². The predicted octanol–water partition coefficient (Wildman–Crippen LogP) is 2.80. The minimum atomic E-state index is -1.05. The topological polar surface area (TPSA) is 43.1 Å². The van der Waals surface area contributed by atoms with E-state index in [-0.39, 0.29) is 6.04 Å². The first-order chi connectivity index (χ1) is 8.66. The van der Waals surface area contributed by atoms with Crippen molar-refractivity contribution in [3.63, 3.8) is 0 Å². The number of rotatable bonds is 4. The molecular formula is C15H17NOS. The lowest BCUT2D eigenvalue weighted by Crippen LogP contribution is -2.18. The summed E-state index contributed by atoms with van der Waals surface area (Å²) in [4.78, 5) is 0.849. The van der Waals surface area contributed by atoms with Crippen LogP contribution in [0.1, 0.15) is 17.2 Å². The third kappa shape index (κ3) is 3.28. The lowest BCUT2D eigenvalue weighted by atomic mass is 10.1. The normalized spacial score (nSPS) is 14.1. The number of hydrogen-bond acceptors (Lipinski definition) is 2. The first-order valence-electron chi connectivity index (χ1n) is 5.92. The van der Waals surface area contributed by atoms with Crippen molar-refractivity contribution in [3.8, 4) is 0 Å². The summed E-state index contributed by atoms with van der Waals surface area (Å²) in [5, 5.41) is 0. The lowest BCUT2D eigenvalue weighted by Gasteiger charge is -2.11. The van der Waals surface area contributed by atoms with E-state index in [2.05, 4.69) is 0 Å². The third-order valence-electron chi connectivity index (χ3n) is 2.81. The fourth-order valence-corrected chi connectivity index (χ4v) is 3.07. The number of aryl methyl sites for hydroxylation is 1. The van der Waals surface area contributed by atoms with Crippen LogP contribution in [0.2, 0.25) is 0 Å². The smallest absolute Gasteiger partial charge is 0.0548 e. The van der Waals surface area contributed by atoms with Gasteiger partial charge in [0.1, 0.15) is 0 Å². The summed E-state index contributed by atoms with van der Waals surface area (Å²) in [6, 6.07) is 17.4. The molecule has 3 heteroatoms. The molecule has 0 aromatic heterocycles. The lowest BCUT2D eigenvalue weighted by molar-refractivity contribution is 0.675. The van der Waals surface area contributed by atoms with Gasteiger partial charge in [-0.1, -0.05) is 42.5 Å². The second kappa shape index (κ2) is 5.94. The van der Waals surface area contributed by atoms with Gasteiger partial charge >= 0.3 is 0 Å². The molecule has 0 amide bonds. The summed E-state index contributed by atoms with van der Waals surface area (Å²) < 4.78 is 12.2. The number of benzene rings is 2. The van der Waals surface area contributed by atoms with E-state index in [9.17, 15) is 4.21 Å². The molecule has 0 heterocycles. The van der Waals surface area contributed by atoms with Crippen molar-refractivity contribution in [2.75, 3.05) is 5.75 Å². The molecule has 2 nitrogen and oxygen atoms in total. The van der Waals surface area contributed by atoms with Crippen molar-refractivity contribution in [1.29, 1.82) is 0 Å². The molecule has 2 unspecified atom stereocenters. The summed E-state index contributed by atoms with van der Waals surface area (Å²) in [5.74, 6) is 0.452. The summed E-state index contributed by atoms with van der Waals surface area (Å²) >= 11 is 0. The van der Waals surface area contributed by atoms with Crippen LogP contribution in [0, 0.1) is 6.92 Å². The van der Waals surface area contributed by atoms with Crippen molar-refractivity contribution in [1.82, 2.24) is 0 Å². The van der Waals surface area contributed by atoms with Crippen molar-refractivity contribution in [2.45, 2.75) is 17.9 Å². The minimum Gasteiger partial charge on any atom is -0.323 e. The Hall–Kier alpha value is -1.45. The second-order valence-electron chi connectivity index (χ2n) is 4.35. The van der Waals surface area contributed by atoms with Crippen LogP contribution in [0.25, 0.3) is 0 Å². The monoisotopic (exact) mass is 259 g/mol. The quantitative estimate of drug-likeness (QED) is 0.917. The van der Waals surface area contributed by atoms with Crippen LogP contribution in [0.15, 0.2) is 59.5 Å². The Bertz CT molecular complexity index is 539. The molecule has 0 aliphatic heterocycles. The molecule has 0 bridgehead atoms. The fourth-order valence-electron chi connectivity index (χ4n) is 1.81. The molecule has 2 aromatic rings. The predicted molar refractivity (Wildman–Crippen MR) is 75.8 cm³/mol. The molecule has 0 spiro atoms. The molecule has 0 aliphatic rings. The molecule has 0 radical (unpaired) electrons. The largest absolute Gasteiger partial charge is 0.323 e. The number of nitrogens with two attached hydrogens (primary N) is 1. The third-order valence-corrected chi connectivity index (χ3v) is 4.25. The van der Waals surface area contributed by atoms with E-state index in [1.165, 1.54) is 0 Å². The Morgan fingerprint density at radius 3 is 2.50 bits per heavy atom. The zero-order chi connectivity index (χ0) is 13.0. The molecule has 0 saturated heterocycles. The van der Waals surface area contributed by atoms with Gasteiger partial charge in [-0.2, -0.15) is 0 Å². The fraction of sp³-hybridized carbons (Fsp3) is 0.200. The number of hydrogen-bond donors (Lipinski definition) is 1. The maximum atomic E-state index is 12.2. The van der Waals surface area contributed by atoms with Gasteiger partial charge in [0.2, 0.25) is 0 Å². The SMILES string of the molecule is Cc1cccc(S(=O)CC(N)c2ccccc2)c1. The van der Waals surface area contributed by atoms with Crippen LogP contribution in [-0.4, -0.2) is 9.96 Å². The molecule has 0 fully saturated rings. The van der Waals surface area contributed by atoms with E-state index < -0.39 is 10.8 Å². The van der Waals surface area contributed by atoms with E-state index in [4.69, 9.17) is 5.73 Å². The summed E-state index contributed by atoms with van der Waals surface area (Å²) in [6.07, 6.45) is 0. The van der Waals surface area contributed by atoms with Gasteiger partial charge in [0.25, 0.3) is 0 Å². The summed E-state index contributed by atoms with van der Waals surface area (Å²) in [6.45, 7) is 2.00. The molecule has 2 aromatic carbocycles. The van der Waals surface area contributed by atoms with Gasteiger partial charge in [0.15, 0.2) is 0 Å². The molecule has 0 aliphatic carbocycles. The average molecular weight is 259 g/mol. The van der Waals surface area contributed by atoms with Crippen LogP contribution < -0.4 is 5.73 Å². The zero-order valence-corrected chi connectivity index (χ0v) is 11.2. The maximum Gasteiger partial charge on any atom is 0.0548 e. The standard InChI is InChI=1S/C15H17NOS/c1-12-6-5-9-14(10-12)18(17)11-15(16)13-7-3-2-4-8-13/h2-10,15H,11,16H2,1H3. The molecular weight excluding hydrogens is 242 g/mol. The van der Waals surface area contributed by atoms with Gasteiger partial charge in [-0.25, -0.2) is 0 Å². The molecule has 0 saturated carbocycles.